The summed E-state index contributed by atoms with van der Waals surface area (Å²) in [5, 5.41) is 24.0. The number of nitrogens with zero attached hydrogens (tertiary/aromatic N) is 1. The van der Waals surface area contributed by atoms with E-state index in [1.807, 2.05) is 0 Å². The highest BCUT2D eigenvalue weighted by Crippen LogP contribution is 2.22. The number of amides is 2. The van der Waals surface area contributed by atoms with E-state index in [9.17, 15) is 14.4 Å². The van der Waals surface area contributed by atoms with Crippen LogP contribution in [0, 0.1) is 12.3 Å². The Morgan fingerprint density at radius 1 is 1.40 bits per heavy atom. The SMILES string of the molecule is CCC(CC(=O)O)NC(=O)CCNC(=O)c1sc(NC(=N)N)nc1C. The van der Waals surface area contributed by atoms with Crippen LogP contribution in [-0.4, -0.2) is 46.4 Å². The molecule has 0 bridgehead atoms. The lowest BCUT2D eigenvalue weighted by atomic mass is 10.1. The van der Waals surface area contributed by atoms with Crippen molar-refractivity contribution in [1.29, 1.82) is 5.41 Å². The Morgan fingerprint density at radius 3 is 2.64 bits per heavy atom. The number of guanidine groups is 1. The second-order valence-electron chi connectivity index (χ2n) is 5.25. The minimum absolute atomic E-state index is 0.0399. The van der Waals surface area contributed by atoms with Crippen LogP contribution in [-0.2, 0) is 9.59 Å². The number of carbonyl (C=O) groups excluding carboxylic acids is 2. The number of aromatic nitrogens is 1. The van der Waals surface area contributed by atoms with Crippen LogP contribution in [0.15, 0.2) is 0 Å². The topological polar surface area (TPSA) is 170 Å². The fraction of sp³-hybridized carbons (Fsp3) is 0.500. The molecule has 1 atom stereocenters. The third-order valence-electron chi connectivity index (χ3n) is 3.16. The van der Waals surface area contributed by atoms with Gasteiger partial charge in [0.05, 0.1) is 12.1 Å². The zero-order valence-corrected chi connectivity index (χ0v) is 14.8. The van der Waals surface area contributed by atoms with Crippen molar-refractivity contribution < 1.29 is 19.5 Å². The molecule has 0 saturated heterocycles. The average Bonchev–Trinajstić information content (AvgIpc) is 2.85. The highest BCUT2D eigenvalue weighted by atomic mass is 32.1. The third-order valence-corrected chi connectivity index (χ3v) is 4.23. The number of carboxylic acids is 1. The fourth-order valence-corrected chi connectivity index (χ4v) is 2.85. The van der Waals surface area contributed by atoms with Crippen LogP contribution in [0.1, 0.15) is 41.6 Å². The Morgan fingerprint density at radius 2 is 2.08 bits per heavy atom. The summed E-state index contributed by atoms with van der Waals surface area (Å²) in [6.45, 7) is 3.55. The summed E-state index contributed by atoms with van der Waals surface area (Å²) in [6.07, 6.45) is 0.412. The first-order valence-corrected chi connectivity index (χ1v) is 8.42. The molecule has 0 radical (unpaired) electrons. The Balaban J connectivity index is 2.46. The van der Waals surface area contributed by atoms with Gasteiger partial charge in [-0.25, -0.2) is 4.98 Å². The highest BCUT2D eigenvalue weighted by molar-refractivity contribution is 7.17. The van der Waals surface area contributed by atoms with Gasteiger partial charge in [0.25, 0.3) is 5.91 Å². The minimum atomic E-state index is -0.976. The van der Waals surface area contributed by atoms with Crippen LogP contribution in [0.25, 0.3) is 0 Å². The van der Waals surface area contributed by atoms with Crippen molar-refractivity contribution in [3.8, 4) is 0 Å². The van der Waals surface area contributed by atoms with Crippen molar-refractivity contribution in [2.45, 2.75) is 39.2 Å². The second kappa shape index (κ2) is 9.57. The molecule has 1 aromatic rings. The van der Waals surface area contributed by atoms with Crippen molar-refractivity contribution in [3.63, 3.8) is 0 Å². The van der Waals surface area contributed by atoms with E-state index in [4.69, 9.17) is 16.2 Å². The molecule has 1 unspecified atom stereocenters. The van der Waals surface area contributed by atoms with Crippen LogP contribution in [0.4, 0.5) is 5.13 Å². The molecule has 0 aromatic carbocycles. The Labute approximate surface area is 148 Å². The van der Waals surface area contributed by atoms with Crippen molar-refractivity contribution >= 4 is 40.2 Å². The zero-order chi connectivity index (χ0) is 19.0. The molecule has 1 aromatic heterocycles. The lowest BCUT2D eigenvalue weighted by Crippen LogP contribution is -2.38. The molecule has 2 amide bonds. The first-order chi connectivity index (χ1) is 11.7. The average molecular weight is 370 g/mol. The summed E-state index contributed by atoms with van der Waals surface area (Å²) < 4.78 is 0. The smallest absolute Gasteiger partial charge is 0.305 e. The number of rotatable bonds is 9. The number of aliphatic carboxylic acids is 1. The van der Waals surface area contributed by atoms with E-state index in [1.165, 1.54) is 0 Å². The van der Waals surface area contributed by atoms with E-state index in [1.54, 1.807) is 13.8 Å². The van der Waals surface area contributed by atoms with Crippen LogP contribution in [0.5, 0.6) is 0 Å². The van der Waals surface area contributed by atoms with Gasteiger partial charge in [-0.2, -0.15) is 0 Å². The van der Waals surface area contributed by atoms with Gasteiger partial charge in [0.2, 0.25) is 5.91 Å². The molecule has 138 valence electrons. The number of thiazole rings is 1. The minimum Gasteiger partial charge on any atom is -0.481 e. The summed E-state index contributed by atoms with van der Waals surface area (Å²) >= 11 is 1.05. The number of carboxylic acid groups (broad SMARTS) is 1. The number of hydrogen-bond donors (Lipinski definition) is 6. The van der Waals surface area contributed by atoms with Gasteiger partial charge in [0.1, 0.15) is 4.88 Å². The summed E-state index contributed by atoms with van der Waals surface area (Å²) in [5.74, 6) is -1.95. The lowest BCUT2D eigenvalue weighted by Gasteiger charge is -2.14. The molecule has 25 heavy (non-hydrogen) atoms. The lowest BCUT2D eigenvalue weighted by molar-refractivity contribution is -0.137. The second-order valence-corrected chi connectivity index (χ2v) is 6.25. The summed E-state index contributed by atoms with van der Waals surface area (Å²) in [5.41, 5.74) is 5.70. The van der Waals surface area contributed by atoms with Gasteiger partial charge in [-0.3, -0.25) is 19.8 Å². The van der Waals surface area contributed by atoms with Crippen molar-refractivity contribution in [3.05, 3.63) is 10.6 Å². The van der Waals surface area contributed by atoms with Gasteiger partial charge >= 0.3 is 5.97 Å². The molecule has 10 nitrogen and oxygen atoms in total. The molecule has 1 heterocycles. The summed E-state index contributed by atoms with van der Waals surface area (Å²) in [4.78, 5) is 39.0. The van der Waals surface area contributed by atoms with Gasteiger partial charge < -0.3 is 26.8 Å². The largest absolute Gasteiger partial charge is 0.481 e. The van der Waals surface area contributed by atoms with Crippen molar-refractivity contribution in [1.82, 2.24) is 15.6 Å². The maximum Gasteiger partial charge on any atom is 0.305 e. The van der Waals surface area contributed by atoms with Gasteiger partial charge in [0, 0.05) is 19.0 Å². The predicted molar refractivity (Wildman–Crippen MR) is 93.8 cm³/mol. The quantitative estimate of drug-likeness (QED) is 0.267. The van der Waals surface area contributed by atoms with Gasteiger partial charge in [0.15, 0.2) is 11.1 Å². The molecule has 7 N–H and O–H groups in total. The molecule has 0 aliphatic rings. The first-order valence-electron chi connectivity index (χ1n) is 7.60. The van der Waals surface area contributed by atoms with Crippen LogP contribution in [0.2, 0.25) is 0 Å². The van der Waals surface area contributed by atoms with Crippen LogP contribution in [0.3, 0.4) is 0 Å². The molecule has 0 saturated carbocycles. The molecular weight excluding hydrogens is 348 g/mol. The normalized spacial score (nSPS) is 11.4. The van der Waals surface area contributed by atoms with Gasteiger partial charge in [-0.15, -0.1) is 0 Å². The molecule has 11 heteroatoms. The Bertz CT molecular complexity index is 660. The maximum atomic E-state index is 12.1. The molecule has 0 aliphatic heterocycles. The van der Waals surface area contributed by atoms with Crippen LogP contribution < -0.4 is 21.7 Å². The third kappa shape index (κ3) is 7.16. The standard InChI is InChI=1S/C14H22N6O4S/c1-3-8(6-10(22)23)19-9(21)4-5-17-12(24)11-7(2)18-14(25-11)20-13(15)16/h8H,3-6H2,1-2H3,(H,17,24)(H,19,21)(H,22,23)(H4,15,16,18,20). The zero-order valence-electron chi connectivity index (χ0n) is 14.0. The Hall–Kier alpha value is -2.69. The molecule has 1 rings (SSSR count). The van der Waals surface area contributed by atoms with Gasteiger partial charge in [-0.1, -0.05) is 18.3 Å². The monoisotopic (exact) mass is 370 g/mol. The maximum absolute atomic E-state index is 12.1. The predicted octanol–water partition coefficient (Wildman–Crippen LogP) is 0.246. The number of hydrogen-bond acceptors (Lipinski definition) is 6. The molecule has 0 aliphatic carbocycles. The van der Waals surface area contributed by atoms with Crippen molar-refractivity contribution in [2.75, 3.05) is 11.9 Å². The summed E-state index contributed by atoms with van der Waals surface area (Å²) in [7, 11) is 0. The van der Waals surface area contributed by atoms with E-state index < -0.39 is 12.0 Å². The van der Waals surface area contributed by atoms with Crippen LogP contribution >= 0.6 is 11.3 Å². The number of nitrogens with one attached hydrogen (secondary N) is 4. The molecule has 0 fully saturated rings. The van der Waals surface area contributed by atoms with Gasteiger partial charge in [-0.05, 0) is 13.3 Å². The highest BCUT2D eigenvalue weighted by Gasteiger charge is 2.17. The number of nitrogens with two attached hydrogens (primary N) is 1. The van der Waals surface area contributed by atoms with E-state index >= 15 is 0 Å². The van der Waals surface area contributed by atoms with E-state index in [2.05, 4.69) is 20.9 Å². The van der Waals surface area contributed by atoms with E-state index in [-0.39, 0.29) is 37.2 Å². The van der Waals surface area contributed by atoms with E-state index in [0.29, 0.717) is 22.1 Å². The fourth-order valence-electron chi connectivity index (χ4n) is 1.95. The Kier molecular flexibility index (Phi) is 7.79. The van der Waals surface area contributed by atoms with E-state index in [0.717, 1.165) is 11.3 Å². The number of anilines is 1. The molecule has 0 spiro atoms. The molecular formula is C14H22N6O4S. The van der Waals surface area contributed by atoms with Crippen molar-refractivity contribution in [2.24, 2.45) is 5.73 Å². The number of carbonyl (C=O) groups is 3. The summed E-state index contributed by atoms with van der Waals surface area (Å²) in [6, 6.07) is -0.426. The first kappa shape index (κ1) is 20.4. The number of aryl methyl sites for hydroxylation is 1.